The molecular formula is C18H22N4O3. The largest absolute Gasteiger partial charge is 0.356 e. The molecule has 2 heterocycles. The van der Waals surface area contributed by atoms with Crippen LogP contribution in [-0.2, 0) is 20.9 Å². The van der Waals surface area contributed by atoms with Crippen LogP contribution in [0.1, 0.15) is 18.0 Å². The summed E-state index contributed by atoms with van der Waals surface area (Å²) in [6.45, 7) is 1.25. The van der Waals surface area contributed by atoms with Gasteiger partial charge in [-0.2, -0.15) is 0 Å². The lowest BCUT2D eigenvalue weighted by molar-refractivity contribution is -0.162. The number of ether oxygens (including phenoxy) is 1. The van der Waals surface area contributed by atoms with E-state index in [0.717, 1.165) is 18.5 Å². The first-order valence-electron chi connectivity index (χ1n) is 8.32. The number of rotatable bonds is 6. The number of hydrogen-bond acceptors (Lipinski definition) is 4. The Morgan fingerprint density at radius 3 is 2.88 bits per heavy atom. The Labute approximate surface area is 146 Å². The van der Waals surface area contributed by atoms with E-state index in [0.29, 0.717) is 6.54 Å². The Kier molecular flexibility index (Phi) is 5.45. The molecule has 0 unspecified atom stereocenters. The minimum Gasteiger partial charge on any atom is -0.356 e. The highest BCUT2D eigenvalue weighted by atomic mass is 16.5. The number of aromatic nitrogens is 2. The second kappa shape index (κ2) is 7.94. The molecule has 1 saturated heterocycles. The monoisotopic (exact) mass is 342 g/mol. The number of hydrogen-bond donors (Lipinski definition) is 1. The topological polar surface area (TPSA) is 76.5 Å². The second-order valence-corrected chi connectivity index (χ2v) is 6.04. The molecule has 132 valence electrons. The van der Waals surface area contributed by atoms with Gasteiger partial charge in [0, 0.05) is 32.5 Å². The molecule has 2 aromatic rings. The van der Waals surface area contributed by atoms with Crippen molar-refractivity contribution in [2.24, 2.45) is 0 Å². The van der Waals surface area contributed by atoms with E-state index >= 15 is 0 Å². The molecule has 1 aliphatic heterocycles. The number of carbonyl (C=O) groups excluding carboxylic acids is 2. The van der Waals surface area contributed by atoms with Crippen LogP contribution >= 0.6 is 0 Å². The van der Waals surface area contributed by atoms with Gasteiger partial charge >= 0.3 is 0 Å². The quantitative estimate of drug-likeness (QED) is 0.794. The molecule has 7 nitrogen and oxygen atoms in total. The molecule has 0 bridgehead atoms. The van der Waals surface area contributed by atoms with Crippen molar-refractivity contribution in [3.05, 3.63) is 54.6 Å². The fourth-order valence-electron chi connectivity index (χ4n) is 2.97. The molecular weight excluding hydrogens is 320 g/mol. The van der Waals surface area contributed by atoms with Gasteiger partial charge in [-0.15, -0.1) is 0 Å². The summed E-state index contributed by atoms with van der Waals surface area (Å²) < 4.78 is 7.53. The van der Waals surface area contributed by atoms with E-state index in [1.807, 2.05) is 41.1 Å². The van der Waals surface area contributed by atoms with Gasteiger partial charge in [0.15, 0.2) is 6.10 Å². The van der Waals surface area contributed by atoms with E-state index in [1.54, 1.807) is 24.5 Å². The Morgan fingerprint density at radius 2 is 2.16 bits per heavy atom. The van der Waals surface area contributed by atoms with Crippen molar-refractivity contribution in [1.82, 2.24) is 19.8 Å². The number of likely N-dealkylation sites (N-methyl/N-ethyl adjacent to an activating group) is 1. The van der Waals surface area contributed by atoms with E-state index in [1.165, 1.54) is 0 Å². The molecule has 1 aromatic heterocycles. The Morgan fingerprint density at radius 1 is 1.36 bits per heavy atom. The van der Waals surface area contributed by atoms with E-state index in [2.05, 4.69) is 10.3 Å². The molecule has 0 radical (unpaired) electrons. The van der Waals surface area contributed by atoms with Crippen molar-refractivity contribution >= 4 is 11.8 Å². The standard InChI is InChI=1S/C18H22N4O3/c1-21-15(23)12-25-17(16(21)14-6-3-2-4-7-14)18(24)20-8-5-10-22-11-9-19-13-22/h2-4,6-7,9,11,13,16-17H,5,8,10,12H2,1H3,(H,20,24)/t16-,17-/m1/s1. The number of nitrogens with zero attached hydrogens (tertiary/aromatic N) is 3. The third-order valence-electron chi connectivity index (χ3n) is 4.33. The first-order valence-corrected chi connectivity index (χ1v) is 8.32. The summed E-state index contributed by atoms with van der Waals surface area (Å²) in [5.41, 5.74) is 0.886. The van der Waals surface area contributed by atoms with Crippen molar-refractivity contribution in [3.63, 3.8) is 0 Å². The lowest BCUT2D eigenvalue weighted by atomic mass is 9.97. The maximum atomic E-state index is 12.6. The van der Waals surface area contributed by atoms with Gasteiger partial charge in [-0.1, -0.05) is 30.3 Å². The summed E-state index contributed by atoms with van der Waals surface area (Å²) in [6.07, 6.45) is 5.44. The number of benzene rings is 1. The van der Waals surface area contributed by atoms with Gasteiger partial charge in [0.25, 0.3) is 5.91 Å². The molecule has 7 heteroatoms. The fourth-order valence-corrected chi connectivity index (χ4v) is 2.97. The predicted molar refractivity (Wildman–Crippen MR) is 91.5 cm³/mol. The van der Waals surface area contributed by atoms with Crippen LogP contribution in [0.2, 0.25) is 0 Å². The summed E-state index contributed by atoms with van der Waals surface area (Å²) in [7, 11) is 1.71. The Hall–Kier alpha value is -2.67. The molecule has 2 amide bonds. The van der Waals surface area contributed by atoms with Crippen LogP contribution in [-0.4, -0.2) is 52.6 Å². The van der Waals surface area contributed by atoms with E-state index in [9.17, 15) is 9.59 Å². The molecule has 1 N–H and O–H groups in total. The Balaban J connectivity index is 1.61. The summed E-state index contributed by atoms with van der Waals surface area (Å²) in [6, 6.07) is 9.08. The zero-order chi connectivity index (χ0) is 17.6. The van der Waals surface area contributed by atoms with Crippen LogP contribution in [0.3, 0.4) is 0 Å². The maximum absolute atomic E-state index is 12.6. The molecule has 2 atom stereocenters. The van der Waals surface area contributed by atoms with Crippen LogP contribution in [0, 0.1) is 0 Å². The van der Waals surface area contributed by atoms with Crippen molar-refractivity contribution in [2.75, 3.05) is 20.2 Å². The number of aryl methyl sites for hydroxylation is 1. The summed E-state index contributed by atoms with van der Waals surface area (Å²) in [5.74, 6) is -0.322. The first kappa shape index (κ1) is 17.2. The Bertz CT molecular complexity index is 702. The number of morpholine rings is 1. The van der Waals surface area contributed by atoms with Crippen LogP contribution in [0.15, 0.2) is 49.1 Å². The van der Waals surface area contributed by atoms with Crippen molar-refractivity contribution < 1.29 is 14.3 Å². The van der Waals surface area contributed by atoms with E-state index in [4.69, 9.17) is 4.74 Å². The van der Waals surface area contributed by atoms with Crippen molar-refractivity contribution in [2.45, 2.75) is 25.1 Å². The van der Waals surface area contributed by atoms with E-state index in [-0.39, 0.29) is 18.4 Å². The summed E-state index contributed by atoms with van der Waals surface area (Å²) >= 11 is 0. The van der Waals surface area contributed by atoms with Crippen LogP contribution in [0.4, 0.5) is 0 Å². The van der Waals surface area contributed by atoms with Gasteiger partial charge in [-0.05, 0) is 12.0 Å². The molecule has 1 fully saturated rings. The van der Waals surface area contributed by atoms with Crippen LogP contribution in [0.5, 0.6) is 0 Å². The molecule has 0 spiro atoms. The molecule has 0 saturated carbocycles. The zero-order valence-electron chi connectivity index (χ0n) is 14.2. The lowest BCUT2D eigenvalue weighted by Gasteiger charge is -2.38. The van der Waals surface area contributed by atoms with Gasteiger partial charge in [-0.25, -0.2) is 4.98 Å². The number of nitrogens with one attached hydrogen (secondary N) is 1. The highest BCUT2D eigenvalue weighted by molar-refractivity contribution is 5.86. The smallest absolute Gasteiger partial charge is 0.251 e. The van der Waals surface area contributed by atoms with Gasteiger partial charge in [0.05, 0.1) is 12.4 Å². The van der Waals surface area contributed by atoms with Gasteiger partial charge in [0.1, 0.15) is 6.61 Å². The normalized spacial score (nSPS) is 20.5. The number of imidazole rings is 1. The fraction of sp³-hybridized carbons (Fsp3) is 0.389. The first-order chi connectivity index (χ1) is 12.2. The zero-order valence-corrected chi connectivity index (χ0v) is 14.2. The minimum absolute atomic E-state index is 0.0764. The molecule has 3 rings (SSSR count). The average Bonchev–Trinajstić information content (AvgIpc) is 3.15. The SMILES string of the molecule is CN1C(=O)CO[C@@H](C(=O)NCCCn2ccnc2)[C@H]1c1ccccc1. The summed E-state index contributed by atoms with van der Waals surface area (Å²) in [4.78, 5) is 30.2. The van der Waals surface area contributed by atoms with Gasteiger partial charge < -0.3 is 19.5 Å². The lowest BCUT2D eigenvalue weighted by Crippen LogP contribution is -2.53. The van der Waals surface area contributed by atoms with Gasteiger partial charge in [0.2, 0.25) is 5.91 Å². The van der Waals surface area contributed by atoms with E-state index < -0.39 is 12.1 Å². The highest BCUT2D eigenvalue weighted by Crippen LogP contribution is 2.28. The molecule has 0 aliphatic carbocycles. The minimum atomic E-state index is -0.710. The highest BCUT2D eigenvalue weighted by Gasteiger charge is 2.39. The molecule has 25 heavy (non-hydrogen) atoms. The van der Waals surface area contributed by atoms with Crippen molar-refractivity contribution in [1.29, 1.82) is 0 Å². The average molecular weight is 342 g/mol. The molecule has 1 aliphatic rings. The number of amides is 2. The third kappa shape index (κ3) is 4.06. The van der Waals surface area contributed by atoms with Crippen LogP contribution in [0.25, 0.3) is 0 Å². The van der Waals surface area contributed by atoms with Crippen molar-refractivity contribution in [3.8, 4) is 0 Å². The third-order valence-corrected chi connectivity index (χ3v) is 4.33. The molecule has 1 aromatic carbocycles. The second-order valence-electron chi connectivity index (χ2n) is 6.04. The maximum Gasteiger partial charge on any atom is 0.251 e. The van der Waals surface area contributed by atoms with Gasteiger partial charge in [-0.3, -0.25) is 9.59 Å². The predicted octanol–water partition coefficient (Wildman–Crippen LogP) is 0.988. The number of carbonyl (C=O) groups is 2. The summed E-state index contributed by atoms with van der Waals surface area (Å²) in [5, 5.41) is 2.91. The van der Waals surface area contributed by atoms with Crippen LogP contribution < -0.4 is 5.32 Å².